The van der Waals surface area contributed by atoms with E-state index < -0.39 is 10.0 Å². The van der Waals surface area contributed by atoms with Gasteiger partial charge in [-0.1, -0.05) is 0 Å². The van der Waals surface area contributed by atoms with E-state index in [1.54, 1.807) is 4.90 Å². The fourth-order valence-corrected chi connectivity index (χ4v) is 3.36. The van der Waals surface area contributed by atoms with Crippen LogP contribution in [0.2, 0.25) is 0 Å². The number of hydrogen-bond acceptors (Lipinski definition) is 3. The van der Waals surface area contributed by atoms with Crippen LogP contribution >= 0.6 is 0 Å². The third kappa shape index (κ3) is 4.65. The Morgan fingerprint density at radius 1 is 1.32 bits per heavy atom. The van der Waals surface area contributed by atoms with Gasteiger partial charge >= 0.3 is 6.03 Å². The average Bonchev–Trinajstić information content (AvgIpc) is 3.10. The lowest BCUT2D eigenvalue weighted by molar-refractivity contribution is 0.173. The number of urea groups is 1. The van der Waals surface area contributed by atoms with Gasteiger partial charge in [-0.3, -0.25) is 0 Å². The monoisotopic (exact) mass is 289 g/mol. The summed E-state index contributed by atoms with van der Waals surface area (Å²) in [6, 6.07) is -0.0131. The molecule has 6 nitrogen and oxygen atoms in total. The van der Waals surface area contributed by atoms with Crippen LogP contribution < -0.4 is 10.0 Å². The van der Waals surface area contributed by atoms with Gasteiger partial charge in [0.05, 0.1) is 6.26 Å². The van der Waals surface area contributed by atoms with Crippen LogP contribution in [-0.2, 0) is 10.0 Å². The Morgan fingerprint density at radius 3 is 2.58 bits per heavy atom. The second-order valence-corrected chi connectivity index (χ2v) is 7.53. The van der Waals surface area contributed by atoms with Crippen LogP contribution in [0.5, 0.6) is 0 Å². The molecule has 1 aliphatic heterocycles. The lowest BCUT2D eigenvalue weighted by Crippen LogP contribution is -2.53. The van der Waals surface area contributed by atoms with Crippen molar-refractivity contribution in [2.45, 2.75) is 44.7 Å². The first kappa shape index (κ1) is 14.6. The van der Waals surface area contributed by atoms with Crippen molar-refractivity contribution in [3.05, 3.63) is 0 Å². The van der Waals surface area contributed by atoms with Crippen molar-refractivity contribution in [1.29, 1.82) is 0 Å². The molecule has 1 aliphatic carbocycles. The van der Waals surface area contributed by atoms with E-state index in [-0.39, 0.29) is 18.1 Å². The summed E-state index contributed by atoms with van der Waals surface area (Å²) in [5.74, 6) is 0.624. The van der Waals surface area contributed by atoms with E-state index in [9.17, 15) is 13.2 Å². The van der Waals surface area contributed by atoms with Crippen molar-refractivity contribution < 1.29 is 13.2 Å². The fraction of sp³-hybridized carbons (Fsp3) is 0.917. The maximum atomic E-state index is 12.1. The molecule has 0 aromatic rings. The Labute approximate surface area is 115 Å². The van der Waals surface area contributed by atoms with Crippen LogP contribution in [0.3, 0.4) is 0 Å². The fourth-order valence-electron chi connectivity index (χ4n) is 2.56. The first-order chi connectivity index (χ1) is 8.85. The number of rotatable bonds is 4. The van der Waals surface area contributed by atoms with Gasteiger partial charge in [0.1, 0.15) is 0 Å². The van der Waals surface area contributed by atoms with E-state index in [1.807, 2.05) is 6.92 Å². The molecule has 2 fully saturated rings. The first-order valence-electron chi connectivity index (χ1n) is 6.88. The highest BCUT2D eigenvalue weighted by atomic mass is 32.2. The highest BCUT2D eigenvalue weighted by molar-refractivity contribution is 7.88. The molecule has 2 rings (SSSR count). The van der Waals surface area contributed by atoms with E-state index in [2.05, 4.69) is 10.0 Å². The molecule has 0 spiro atoms. The third-order valence-corrected chi connectivity index (χ3v) is 4.53. The summed E-state index contributed by atoms with van der Waals surface area (Å²) in [6.07, 6.45) is 5.16. The minimum Gasteiger partial charge on any atom is -0.335 e. The van der Waals surface area contributed by atoms with Crippen molar-refractivity contribution in [3.8, 4) is 0 Å². The molecule has 1 saturated heterocycles. The SMILES string of the molecule is C[C@@H](NC(=O)N1CCC[C@@H](NS(C)(=O)=O)C1)C1CC1. The molecule has 0 unspecified atom stereocenters. The number of sulfonamides is 1. The Morgan fingerprint density at radius 2 is 2.00 bits per heavy atom. The molecule has 2 N–H and O–H groups in total. The summed E-state index contributed by atoms with van der Waals surface area (Å²) in [5.41, 5.74) is 0. The summed E-state index contributed by atoms with van der Waals surface area (Å²) in [4.78, 5) is 13.8. The third-order valence-electron chi connectivity index (χ3n) is 3.77. The minimum absolute atomic E-state index is 0.0700. The number of hydrogen-bond donors (Lipinski definition) is 2. The Bertz CT molecular complexity index is 434. The zero-order valence-corrected chi connectivity index (χ0v) is 12.4. The van der Waals surface area contributed by atoms with Crippen molar-refractivity contribution in [2.75, 3.05) is 19.3 Å². The number of amides is 2. The lowest BCUT2D eigenvalue weighted by Gasteiger charge is -2.33. The van der Waals surface area contributed by atoms with Crippen molar-refractivity contribution in [2.24, 2.45) is 5.92 Å². The largest absolute Gasteiger partial charge is 0.335 e. The molecule has 2 amide bonds. The van der Waals surface area contributed by atoms with Gasteiger partial charge in [-0.05, 0) is 38.5 Å². The quantitative estimate of drug-likeness (QED) is 0.791. The van der Waals surface area contributed by atoms with Crippen LogP contribution in [0.1, 0.15) is 32.6 Å². The molecular weight excluding hydrogens is 266 g/mol. The normalized spacial score (nSPS) is 26.0. The molecule has 7 heteroatoms. The molecule has 0 aromatic carbocycles. The minimum atomic E-state index is -3.21. The number of likely N-dealkylation sites (tertiary alicyclic amines) is 1. The van der Waals surface area contributed by atoms with Crippen molar-refractivity contribution in [3.63, 3.8) is 0 Å². The average molecular weight is 289 g/mol. The van der Waals surface area contributed by atoms with Gasteiger partial charge in [0.25, 0.3) is 0 Å². The van der Waals surface area contributed by atoms with Crippen LogP contribution in [0.25, 0.3) is 0 Å². The highest BCUT2D eigenvalue weighted by Gasteiger charge is 2.31. The van der Waals surface area contributed by atoms with Gasteiger partial charge in [-0.2, -0.15) is 0 Å². The molecule has 110 valence electrons. The van der Waals surface area contributed by atoms with Gasteiger partial charge in [-0.15, -0.1) is 0 Å². The van der Waals surface area contributed by atoms with Crippen molar-refractivity contribution in [1.82, 2.24) is 14.9 Å². The molecule has 2 aliphatic rings. The van der Waals surface area contributed by atoms with Gasteiger partial charge in [0.2, 0.25) is 10.0 Å². The molecule has 19 heavy (non-hydrogen) atoms. The zero-order valence-electron chi connectivity index (χ0n) is 11.6. The summed E-state index contributed by atoms with van der Waals surface area (Å²) in [5, 5.41) is 3.00. The van der Waals surface area contributed by atoms with E-state index in [1.165, 1.54) is 12.8 Å². The standard InChI is InChI=1S/C12H23N3O3S/c1-9(10-5-6-10)13-12(16)15-7-3-4-11(8-15)14-19(2,17)18/h9-11,14H,3-8H2,1-2H3,(H,13,16)/t9-,11-/m1/s1. The zero-order chi connectivity index (χ0) is 14.0. The van der Waals surface area contributed by atoms with Crippen LogP contribution in [0.15, 0.2) is 0 Å². The van der Waals surface area contributed by atoms with E-state index >= 15 is 0 Å². The summed E-state index contributed by atoms with van der Waals surface area (Å²) < 4.78 is 25.0. The predicted molar refractivity (Wildman–Crippen MR) is 73.3 cm³/mol. The van der Waals surface area contributed by atoms with E-state index in [0.717, 1.165) is 19.1 Å². The second-order valence-electron chi connectivity index (χ2n) is 5.75. The van der Waals surface area contributed by atoms with Gasteiger partial charge in [-0.25, -0.2) is 17.9 Å². The number of carbonyl (C=O) groups excluding carboxylic acids is 1. The molecule has 1 heterocycles. The predicted octanol–water partition coefficient (Wildman–Crippen LogP) is 0.508. The van der Waals surface area contributed by atoms with Crippen LogP contribution in [0, 0.1) is 5.92 Å². The molecule has 0 aromatic heterocycles. The van der Waals surface area contributed by atoms with Crippen molar-refractivity contribution >= 4 is 16.1 Å². The Balaban J connectivity index is 1.84. The van der Waals surface area contributed by atoms with E-state index in [0.29, 0.717) is 19.0 Å². The maximum absolute atomic E-state index is 12.1. The number of carbonyl (C=O) groups is 1. The topological polar surface area (TPSA) is 78.5 Å². The molecule has 2 atom stereocenters. The number of nitrogens with one attached hydrogen (secondary N) is 2. The van der Waals surface area contributed by atoms with Gasteiger partial charge in [0, 0.05) is 25.2 Å². The lowest BCUT2D eigenvalue weighted by atomic mass is 10.1. The summed E-state index contributed by atoms with van der Waals surface area (Å²) >= 11 is 0. The summed E-state index contributed by atoms with van der Waals surface area (Å²) in [6.45, 7) is 3.19. The maximum Gasteiger partial charge on any atom is 0.317 e. The molecule has 0 radical (unpaired) electrons. The Kier molecular flexibility index (Phi) is 4.35. The highest BCUT2D eigenvalue weighted by Crippen LogP contribution is 2.32. The molecule has 1 saturated carbocycles. The van der Waals surface area contributed by atoms with E-state index in [4.69, 9.17) is 0 Å². The molecular formula is C12H23N3O3S. The smallest absolute Gasteiger partial charge is 0.317 e. The second kappa shape index (κ2) is 5.66. The first-order valence-corrected chi connectivity index (χ1v) is 8.77. The number of nitrogens with zero attached hydrogens (tertiary/aromatic N) is 1. The summed E-state index contributed by atoms with van der Waals surface area (Å²) in [7, 11) is -3.21. The van der Waals surface area contributed by atoms with Gasteiger partial charge < -0.3 is 10.2 Å². The molecule has 0 bridgehead atoms. The van der Waals surface area contributed by atoms with Crippen LogP contribution in [0.4, 0.5) is 4.79 Å². The number of piperidine rings is 1. The Hall–Kier alpha value is -0.820. The van der Waals surface area contributed by atoms with Gasteiger partial charge in [0.15, 0.2) is 0 Å². The van der Waals surface area contributed by atoms with Crippen LogP contribution in [-0.4, -0.2) is 50.8 Å².